The van der Waals surface area contributed by atoms with Crippen molar-refractivity contribution < 1.29 is 9.53 Å². The smallest absolute Gasteiger partial charge is 0.251 e. The summed E-state index contributed by atoms with van der Waals surface area (Å²) in [6, 6.07) is 10.0. The number of hydrogen-bond acceptors (Lipinski definition) is 4. The summed E-state index contributed by atoms with van der Waals surface area (Å²) < 4.78 is 6.51. The quantitative estimate of drug-likeness (QED) is 0.913. The Balaban J connectivity index is 2.24. The van der Waals surface area contributed by atoms with Gasteiger partial charge in [-0.2, -0.15) is 0 Å². The highest BCUT2D eigenvalue weighted by Gasteiger charge is 2.15. The summed E-state index contributed by atoms with van der Waals surface area (Å²) in [5.74, 6) is 0.348. The predicted molar refractivity (Wildman–Crippen MR) is 81.5 cm³/mol. The van der Waals surface area contributed by atoms with Gasteiger partial charge in [-0.25, -0.2) is 0 Å². The number of amides is 1. The zero-order valence-corrected chi connectivity index (χ0v) is 11.9. The molecule has 1 aromatic heterocycles. The van der Waals surface area contributed by atoms with Gasteiger partial charge < -0.3 is 19.9 Å². The van der Waals surface area contributed by atoms with Crippen molar-refractivity contribution in [2.24, 2.45) is 0 Å². The highest BCUT2D eigenvalue weighted by Crippen LogP contribution is 2.26. The van der Waals surface area contributed by atoms with Gasteiger partial charge in [0.05, 0.1) is 12.8 Å². The average Bonchev–Trinajstić information content (AvgIpc) is 2.50. The lowest BCUT2D eigenvalue weighted by Crippen LogP contribution is -2.33. The Morgan fingerprint density at radius 2 is 2.00 bits per heavy atom. The Bertz CT molecular complexity index is 709. The van der Waals surface area contributed by atoms with Gasteiger partial charge in [0.25, 0.3) is 5.56 Å². The van der Waals surface area contributed by atoms with Crippen molar-refractivity contribution in [1.29, 1.82) is 0 Å². The molecule has 0 saturated carbocycles. The number of carbonyl (C=O) groups excluding carboxylic acids is 1. The Morgan fingerprint density at radius 3 is 2.71 bits per heavy atom. The van der Waals surface area contributed by atoms with Gasteiger partial charge in [-0.1, -0.05) is 12.1 Å². The van der Waals surface area contributed by atoms with Crippen molar-refractivity contribution in [3.63, 3.8) is 0 Å². The first-order chi connectivity index (χ1) is 10.0. The molecule has 0 unspecified atom stereocenters. The summed E-state index contributed by atoms with van der Waals surface area (Å²) in [7, 11) is 3.18. The van der Waals surface area contributed by atoms with Crippen LogP contribution in [0.5, 0.6) is 5.75 Å². The van der Waals surface area contributed by atoms with E-state index in [1.54, 1.807) is 26.3 Å². The first kappa shape index (κ1) is 14.6. The molecule has 1 aromatic carbocycles. The fourth-order valence-corrected chi connectivity index (χ4v) is 1.97. The van der Waals surface area contributed by atoms with Gasteiger partial charge in [0.2, 0.25) is 5.91 Å². The van der Waals surface area contributed by atoms with Gasteiger partial charge in [0, 0.05) is 25.0 Å². The van der Waals surface area contributed by atoms with E-state index in [1.807, 2.05) is 12.1 Å². The second kappa shape index (κ2) is 6.13. The number of nitrogens with two attached hydrogens (primary N) is 1. The number of carbonyl (C=O) groups is 1. The predicted octanol–water partition coefficient (Wildman–Crippen LogP) is 1.10. The van der Waals surface area contributed by atoms with Crippen LogP contribution in [0.3, 0.4) is 0 Å². The van der Waals surface area contributed by atoms with E-state index in [9.17, 15) is 9.59 Å². The summed E-state index contributed by atoms with van der Waals surface area (Å²) in [5.41, 5.74) is 6.43. The topological polar surface area (TPSA) is 77.6 Å². The molecule has 2 aromatic rings. The van der Waals surface area contributed by atoms with E-state index in [-0.39, 0.29) is 18.0 Å². The number of para-hydroxylation sites is 2. The molecule has 6 heteroatoms. The molecule has 0 aliphatic rings. The molecule has 0 aliphatic carbocycles. The molecule has 1 heterocycles. The van der Waals surface area contributed by atoms with Gasteiger partial charge >= 0.3 is 0 Å². The molecule has 2 rings (SSSR count). The molecule has 0 bridgehead atoms. The maximum atomic E-state index is 12.3. The molecule has 0 fully saturated rings. The van der Waals surface area contributed by atoms with E-state index in [0.29, 0.717) is 17.1 Å². The van der Waals surface area contributed by atoms with Crippen molar-refractivity contribution in [3.8, 4) is 5.75 Å². The Morgan fingerprint density at radius 1 is 1.29 bits per heavy atom. The Labute approximate surface area is 122 Å². The number of aromatic nitrogens is 1. The fraction of sp³-hybridized carbons (Fsp3) is 0.200. The molecule has 6 nitrogen and oxygen atoms in total. The number of likely N-dealkylation sites (N-methyl/N-ethyl adjacent to an activating group) is 1. The van der Waals surface area contributed by atoms with Crippen LogP contribution < -0.4 is 20.9 Å². The lowest BCUT2D eigenvalue weighted by atomic mass is 10.2. The van der Waals surface area contributed by atoms with Crippen LogP contribution in [0, 0.1) is 0 Å². The molecule has 110 valence electrons. The minimum absolute atomic E-state index is 0.0849. The monoisotopic (exact) mass is 287 g/mol. The van der Waals surface area contributed by atoms with Crippen molar-refractivity contribution in [1.82, 2.24) is 4.57 Å². The molecular formula is C15H17N3O3. The van der Waals surface area contributed by atoms with Crippen molar-refractivity contribution in [2.45, 2.75) is 6.54 Å². The molecular weight excluding hydrogens is 270 g/mol. The SMILES string of the molecule is COc1ccccc1N(C)C(=O)Cn1cc(N)ccc1=O. The number of hydrogen-bond donors (Lipinski definition) is 1. The highest BCUT2D eigenvalue weighted by molar-refractivity contribution is 5.94. The number of methoxy groups -OCH3 is 1. The van der Waals surface area contributed by atoms with E-state index < -0.39 is 0 Å². The number of rotatable bonds is 4. The van der Waals surface area contributed by atoms with Gasteiger partial charge in [-0.3, -0.25) is 9.59 Å². The first-order valence-electron chi connectivity index (χ1n) is 6.38. The van der Waals surface area contributed by atoms with E-state index in [2.05, 4.69) is 0 Å². The minimum atomic E-state index is -0.272. The van der Waals surface area contributed by atoms with Crippen LogP contribution in [-0.2, 0) is 11.3 Å². The maximum absolute atomic E-state index is 12.3. The van der Waals surface area contributed by atoms with Crippen LogP contribution in [0.4, 0.5) is 11.4 Å². The number of anilines is 2. The summed E-state index contributed by atoms with van der Waals surface area (Å²) in [6.45, 7) is -0.0849. The van der Waals surface area contributed by atoms with Crippen LogP contribution in [0.15, 0.2) is 47.4 Å². The van der Waals surface area contributed by atoms with Crippen LogP contribution >= 0.6 is 0 Å². The number of ether oxygens (including phenoxy) is 1. The molecule has 0 spiro atoms. The van der Waals surface area contributed by atoms with Crippen molar-refractivity contribution >= 4 is 17.3 Å². The second-order valence-electron chi connectivity index (χ2n) is 4.55. The normalized spacial score (nSPS) is 10.2. The van der Waals surface area contributed by atoms with Gasteiger partial charge in [-0.05, 0) is 18.2 Å². The lowest BCUT2D eigenvalue weighted by Gasteiger charge is -2.20. The van der Waals surface area contributed by atoms with Crippen LogP contribution in [0.1, 0.15) is 0 Å². The van der Waals surface area contributed by atoms with Crippen molar-refractivity contribution in [2.75, 3.05) is 24.8 Å². The molecule has 0 atom stereocenters. The number of nitrogen functional groups attached to an aromatic ring is 1. The molecule has 0 radical (unpaired) electrons. The zero-order chi connectivity index (χ0) is 15.4. The Hall–Kier alpha value is -2.76. The summed E-state index contributed by atoms with van der Waals surface area (Å²) in [6.07, 6.45) is 1.45. The third-order valence-corrected chi connectivity index (χ3v) is 3.13. The summed E-state index contributed by atoms with van der Waals surface area (Å²) in [4.78, 5) is 25.5. The zero-order valence-electron chi connectivity index (χ0n) is 11.9. The standard InChI is InChI=1S/C15H17N3O3/c1-17(12-5-3-4-6-13(12)21-2)15(20)10-18-9-11(16)7-8-14(18)19/h3-9H,10,16H2,1-2H3. The molecule has 1 amide bonds. The van der Waals surface area contributed by atoms with Gasteiger partial charge in [0.1, 0.15) is 12.3 Å². The molecule has 21 heavy (non-hydrogen) atoms. The highest BCUT2D eigenvalue weighted by atomic mass is 16.5. The minimum Gasteiger partial charge on any atom is -0.495 e. The van der Waals surface area contributed by atoms with E-state index in [0.717, 1.165) is 0 Å². The van der Waals surface area contributed by atoms with Gasteiger partial charge in [0.15, 0.2) is 0 Å². The van der Waals surface area contributed by atoms with E-state index in [1.165, 1.54) is 27.8 Å². The Kier molecular flexibility index (Phi) is 4.27. The number of pyridine rings is 1. The van der Waals surface area contributed by atoms with Crippen molar-refractivity contribution in [3.05, 3.63) is 52.9 Å². The summed E-state index contributed by atoms with van der Waals surface area (Å²) in [5, 5.41) is 0. The third kappa shape index (κ3) is 3.22. The largest absolute Gasteiger partial charge is 0.495 e. The van der Waals surface area contributed by atoms with Gasteiger partial charge in [-0.15, -0.1) is 0 Å². The molecule has 0 saturated heterocycles. The number of benzene rings is 1. The van der Waals surface area contributed by atoms with Crippen LogP contribution in [0.2, 0.25) is 0 Å². The second-order valence-corrected chi connectivity index (χ2v) is 4.55. The van der Waals surface area contributed by atoms with E-state index >= 15 is 0 Å². The lowest BCUT2D eigenvalue weighted by molar-refractivity contribution is -0.118. The fourth-order valence-electron chi connectivity index (χ4n) is 1.97. The maximum Gasteiger partial charge on any atom is 0.251 e. The molecule has 0 aliphatic heterocycles. The average molecular weight is 287 g/mol. The third-order valence-electron chi connectivity index (χ3n) is 3.13. The van der Waals surface area contributed by atoms with E-state index in [4.69, 9.17) is 10.5 Å². The number of nitrogens with zero attached hydrogens (tertiary/aromatic N) is 2. The summed E-state index contributed by atoms with van der Waals surface area (Å²) >= 11 is 0. The van der Waals surface area contributed by atoms with Crippen LogP contribution in [0.25, 0.3) is 0 Å². The first-order valence-corrected chi connectivity index (χ1v) is 6.38. The molecule has 2 N–H and O–H groups in total. The van der Waals surface area contributed by atoms with Crippen LogP contribution in [-0.4, -0.2) is 24.6 Å².